The number of fused-ring (bicyclic) bond motifs is 1. The highest BCUT2D eigenvalue weighted by Gasteiger charge is 2.35. The van der Waals surface area contributed by atoms with Gasteiger partial charge in [0.25, 0.3) is 5.56 Å². The summed E-state index contributed by atoms with van der Waals surface area (Å²) in [5, 5.41) is 0. The minimum Gasteiger partial charge on any atom is -0.463 e. The van der Waals surface area contributed by atoms with E-state index < -0.39 is 12.0 Å². The van der Waals surface area contributed by atoms with Crippen LogP contribution < -0.4 is 14.9 Å². The van der Waals surface area contributed by atoms with Crippen molar-refractivity contribution in [3.05, 3.63) is 143 Å². The number of furan rings is 1. The van der Waals surface area contributed by atoms with E-state index in [9.17, 15) is 9.59 Å². The van der Waals surface area contributed by atoms with Crippen molar-refractivity contribution in [1.82, 2.24) is 4.57 Å². The highest BCUT2D eigenvalue weighted by molar-refractivity contribution is 9.10. The van der Waals surface area contributed by atoms with Gasteiger partial charge in [0.1, 0.15) is 11.5 Å². The van der Waals surface area contributed by atoms with E-state index >= 15 is 0 Å². The third-order valence-electron chi connectivity index (χ3n) is 7.58. The Bertz CT molecular complexity index is 2070. The zero-order valence-corrected chi connectivity index (χ0v) is 27.2. The molecule has 44 heavy (non-hydrogen) atoms. The number of thiazole rings is 1. The topological polar surface area (TPSA) is 73.8 Å². The Hall–Kier alpha value is -4.27. The Kier molecular flexibility index (Phi) is 8.38. The molecule has 0 fully saturated rings. The van der Waals surface area contributed by atoms with E-state index in [2.05, 4.69) is 41.9 Å². The first-order valence-electron chi connectivity index (χ1n) is 14.5. The molecule has 1 atom stereocenters. The van der Waals surface area contributed by atoms with Crippen LogP contribution in [-0.4, -0.2) is 17.1 Å². The minimum atomic E-state index is -0.723. The first-order valence-corrected chi connectivity index (χ1v) is 16.1. The second kappa shape index (κ2) is 12.4. The number of esters is 1. The summed E-state index contributed by atoms with van der Waals surface area (Å²) in [5.74, 6) is 1.07. The van der Waals surface area contributed by atoms with E-state index in [0.717, 1.165) is 26.7 Å². The summed E-state index contributed by atoms with van der Waals surface area (Å²) in [5.41, 5.74) is 5.38. The summed E-state index contributed by atoms with van der Waals surface area (Å²) in [6.07, 6.45) is 1.74. The van der Waals surface area contributed by atoms with E-state index in [0.29, 0.717) is 38.0 Å². The summed E-state index contributed by atoms with van der Waals surface area (Å²) in [7, 11) is 0. The first kappa shape index (κ1) is 29.8. The third-order valence-corrected chi connectivity index (χ3v) is 9.22. The summed E-state index contributed by atoms with van der Waals surface area (Å²) in [6.45, 7) is 8.27. The molecule has 1 aliphatic heterocycles. The number of hydrogen-bond acceptors (Lipinski definition) is 6. The molecule has 6 nitrogen and oxygen atoms in total. The van der Waals surface area contributed by atoms with Crippen LogP contribution in [0.15, 0.2) is 109 Å². The molecule has 0 N–H and O–H groups in total. The van der Waals surface area contributed by atoms with Gasteiger partial charge in [-0.15, -0.1) is 0 Å². The average Bonchev–Trinajstić information content (AvgIpc) is 3.60. The standard InChI is InChI=1S/C36H31BrN2O4S/c1-5-42-35(41)31-32(24-9-7-6-8-10-24)38-36-39(33(31)25-14-12-23(13-15-25)21(2)3)34(40)30(44-36)20-26-16-18-29(43-26)27-17-11-22(4)19-28(27)37/h6-21,33H,5H2,1-4H3/b30-20-. The van der Waals surface area contributed by atoms with Crippen molar-refractivity contribution in [2.75, 3.05) is 6.61 Å². The average molecular weight is 668 g/mol. The van der Waals surface area contributed by atoms with Crippen LogP contribution in [-0.2, 0) is 9.53 Å². The maximum atomic E-state index is 14.2. The number of halogens is 1. The second-order valence-corrected chi connectivity index (χ2v) is 12.8. The fraction of sp³-hybridized carbons (Fsp3) is 0.194. The van der Waals surface area contributed by atoms with E-state index in [1.54, 1.807) is 17.6 Å². The SMILES string of the molecule is CCOC(=O)C1=C(c2ccccc2)N=c2s/c(=C\c3ccc(-c4ccc(C)cc4Br)o3)c(=O)n2C1c1ccc(C(C)C)cc1. The molecule has 0 saturated heterocycles. The number of carbonyl (C=O) groups excluding carboxylic acids is 1. The van der Waals surface area contributed by atoms with E-state index in [1.807, 2.05) is 79.7 Å². The maximum Gasteiger partial charge on any atom is 0.338 e. The summed E-state index contributed by atoms with van der Waals surface area (Å²) >= 11 is 4.90. The number of ether oxygens (including phenoxy) is 1. The second-order valence-electron chi connectivity index (χ2n) is 10.9. The van der Waals surface area contributed by atoms with Crippen molar-refractivity contribution in [3.8, 4) is 11.3 Å². The predicted molar refractivity (Wildman–Crippen MR) is 178 cm³/mol. The van der Waals surface area contributed by atoms with Gasteiger partial charge < -0.3 is 9.15 Å². The molecule has 0 saturated carbocycles. The molecule has 222 valence electrons. The van der Waals surface area contributed by atoms with Crippen LogP contribution in [0, 0.1) is 6.92 Å². The van der Waals surface area contributed by atoms with Gasteiger partial charge in [0.05, 0.1) is 28.5 Å². The number of aromatic nitrogens is 1. The van der Waals surface area contributed by atoms with Crippen LogP contribution in [0.2, 0.25) is 0 Å². The predicted octanol–water partition coefficient (Wildman–Crippen LogP) is 7.39. The molecule has 0 aliphatic carbocycles. The van der Waals surface area contributed by atoms with Crippen molar-refractivity contribution >= 4 is 45.0 Å². The monoisotopic (exact) mass is 666 g/mol. The molecule has 0 bridgehead atoms. The zero-order chi connectivity index (χ0) is 31.0. The van der Waals surface area contributed by atoms with Gasteiger partial charge in [0.2, 0.25) is 0 Å². The lowest BCUT2D eigenvalue weighted by molar-refractivity contribution is -0.138. The van der Waals surface area contributed by atoms with Crippen LogP contribution >= 0.6 is 27.3 Å². The fourth-order valence-electron chi connectivity index (χ4n) is 5.34. The molecule has 1 aliphatic rings. The Morgan fingerprint density at radius 3 is 2.50 bits per heavy atom. The number of aryl methyl sites for hydroxylation is 1. The number of hydrogen-bond donors (Lipinski definition) is 0. The molecule has 6 rings (SSSR count). The summed E-state index contributed by atoms with van der Waals surface area (Å²) in [6, 6.07) is 26.7. The van der Waals surface area contributed by atoms with Gasteiger partial charge in [-0.2, -0.15) is 0 Å². The van der Waals surface area contributed by atoms with E-state index in [4.69, 9.17) is 14.1 Å². The molecule has 0 radical (unpaired) electrons. The van der Waals surface area contributed by atoms with Gasteiger partial charge in [0, 0.05) is 21.7 Å². The summed E-state index contributed by atoms with van der Waals surface area (Å²) in [4.78, 5) is 33.3. The highest BCUT2D eigenvalue weighted by atomic mass is 79.9. The number of carbonyl (C=O) groups is 1. The van der Waals surface area contributed by atoms with Crippen molar-refractivity contribution in [2.45, 2.75) is 39.7 Å². The van der Waals surface area contributed by atoms with Gasteiger partial charge in [-0.25, -0.2) is 9.79 Å². The van der Waals surface area contributed by atoms with Crippen LogP contribution in [0.5, 0.6) is 0 Å². The summed E-state index contributed by atoms with van der Waals surface area (Å²) < 4.78 is 14.7. The fourth-order valence-corrected chi connectivity index (χ4v) is 7.01. The molecule has 0 spiro atoms. The molecule has 0 amide bonds. The first-order chi connectivity index (χ1) is 21.2. The minimum absolute atomic E-state index is 0.200. The third kappa shape index (κ3) is 5.67. The van der Waals surface area contributed by atoms with Gasteiger partial charge >= 0.3 is 5.97 Å². The number of nitrogens with zero attached hydrogens (tertiary/aromatic N) is 2. The smallest absolute Gasteiger partial charge is 0.338 e. The van der Waals surface area contributed by atoms with Gasteiger partial charge in [-0.1, -0.05) is 102 Å². The van der Waals surface area contributed by atoms with Crippen LogP contribution in [0.1, 0.15) is 60.7 Å². The lowest BCUT2D eigenvalue weighted by Gasteiger charge is -2.26. The molecule has 1 unspecified atom stereocenters. The van der Waals surface area contributed by atoms with Crippen LogP contribution in [0.25, 0.3) is 23.1 Å². The highest BCUT2D eigenvalue weighted by Crippen LogP contribution is 2.36. The Morgan fingerprint density at radius 2 is 1.82 bits per heavy atom. The number of rotatable bonds is 7. The van der Waals surface area contributed by atoms with Crippen molar-refractivity contribution < 1.29 is 13.9 Å². The maximum absolute atomic E-state index is 14.2. The van der Waals surface area contributed by atoms with Gasteiger partial charge in [-0.05, 0) is 60.7 Å². The normalized spacial score (nSPS) is 15.0. The molecule has 5 aromatic rings. The molecule has 2 aromatic heterocycles. The van der Waals surface area contributed by atoms with Gasteiger partial charge in [-0.3, -0.25) is 9.36 Å². The van der Waals surface area contributed by atoms with Crippen molar-refractivity contribution in [1.29, 1.82) is 0 Å². The largest absolute Gasteiger partial charge is 0.463 e. The molecule has 8 heteroatoms. The Morgan fingerprint density at radius 1 is 1.07 bits per heavy atom. The van der Waals surface area contributed by atoms with E-state index in [1.165, 1.54) is 16.9 Å². The van der Waals surface area contributed by atoms with Crippen LogP contribution in [0.3, 0.4) is 0 Å². The van der Waals surface area contributed by atoms with Crippen molar-refractivity contribution in [3.63, 3.8) is 0 Å². The quantitative estimate of drug-likeness (QED) is 0.170. The Balaban J connectivity index is 1.55. The molecule has 3 aromatic carbocycles. The lowest BCUT2D eigenvalue weighted by atomic mass is 9.91. The van der Waals surface area contributed by atoms with Crippen molar-refractivity contribution in [2.24, 2.45) is 4.99 Å². The van der Waals surface area contributed by atoms with E-state index in [-0.39, 0.29) is 12.2 Å². The van der Waals surface area contributed by atoms with Gasteiger partial charge in [0.15, 0.2) is 4.80 Å². The lowest BCUT2D eigenvalue weighted by Crippen LogP contribution is -2.40. The molecular weight excluding hydrogens is 636 g/mol. The zero-order valence-electron chi connectivity index (χ0n) is 24.8. The molecular formula is C36H31BrN2O4S. The molecule has 3 heterocycles. The van der Waals surface area contributed by atoms with Crippen LogP contribution in [0.4, 0.5) is 0 Å². The Labute approximate surface area is 267 Å². The number of benzene rings is 3.